The number of hydrogen-bond donors (Lipinski definition) is 1. The molecule has 4 nitrogen and oxygen atoms in total. The van der Waals surface area contributed by atoms with Gasteiger partial charge in [-0.3, -0.25) is 9.69 Å². The van der Waals surface area contributed by atoms with Crippen LogP contribution in [0, 0.1) is 0 Å². The SMILES string of the molecule is O=C(NCC(c1ccccc1)N1CCOCC1)c1ccc2ccccc2c1. The van der Waals surface area contributed by atoms with Crippen LogP contribution in [0.1, 0.15) is 22.0 Å². The molecule has 0 bridgehead atoms. The topological polar surface area (TPSA) is 41.6 Å². The number of ether oxygens (including phenoxy) is 1. The lowest BCUT2D eigenvalue weighted by molar-refractivity contribution is 0.0162. The van der Waals surface area contributed by atoms with E-state index in [0.717, 1.165) is 37.1 Å². The first-order chi connectivity index (χ1) is 13.3. The van der Waals surface area contributed by atoms with Gasteiger partial charge in [0.25, 0.3) is 5.91 Å². The average Bonchev–Trinajstić information content (AvgIpc) is 2.75. The lowest BCUT2D eigenvalue weighted by Gasteiger charge is -2.35. The Bertz CT molecular complexity index is 904. The lowest BCUT2D eigenvalue weighted by atomic mass is 10.0. The van der Waals surface area contributed by atoms with Crippen LogP contribution >= 0.6 is 0 Å². The standard InChI is InChI=1S/C23H24N2O2/c26-23(21-11-10-18-6-4-5-9-20(18)16-21)24-17-22(19-7-2-1-3-8-19)25-12-14-27-15-13-25/h1-11,16,22H,12-15,17H2,(H,24,26). The predicted octanol–water partition coefficient (Wildman–Crippen LogP) is 3.64. The summed E-state index contributed by atoms with van der Waals surface area (Å²) < 4.78 is 5.49. The first kappa shape index (κ1) is 17.7. The maximum absolute atomic E-state index is 12.8. The van der Waals surface area contributed by atoms with Crippen LogP contribution in [0.25, 0.3) is 10.8 Å². The molecule has 0 aliphatic carbocycles. The van der Waals surface area contributed by atoms with Crippen LogP contribution in [0.15, 0.2) is 72.8 Å². The number of fused-ring (bicyclic) bond motifs is 1. The Morgan fingerprint density at radius 2 is 1.63 bits per heavy atom. The zero-order valence-electron chi connectivity index (χ0n) is 15.3. The summed E-state index contributed by atoms with van der Waals surface area (Å²) in [6, 6.07) is 24.5. The number of carbonyl (C=O) groups excluding carboxylic acids is 1. The van der Waals surface area contributed by atoms with Gasteiger partial charge in [-0.05, 0) is 28.5 Å². The van der Waals surface area contributed by atoms with Gasteiger partial charge in [-0.15, -0.1) is 0 Å². The van der Waals surface area contributed by atoms with Gasteiger partial charge in [-0.1, -0.05) is 60.7 Å². The van der Waals surface area contributed by atoms with Gasteiger partial charge in [0, 0.05) is 25.2 Å². The van der Waals surface area contributed by atoms with E-state index in [2.05, 4.69) is 28.4 Å². The van der Waals surface area contributed by atoms with Crippen LogP contribution in [-0.4, -0.2) is 43.7 Å². The number of nitrogens with one attached hydrogen (secondary N) is 1. The zero-order chi connectivity index (χ0) is 18.5. The molecular weight excluding hydrogens is 336 g/mol. The normalized spacial score (nSPS) is 16.1. The molecule has 1 amide bonds. The first-order valence-electron chi connectivity index (χ1n) is 9.45. The number of rotatable bonds is 5. The summed E-state index contributed by atoms with van der Waals surface area (Å²) in [4.78, 5) is 15.1. The van der Waals surface area contributed by atoms with E-state index in [0.29, 0.717) is 12.1 Å². The predicted molar refractivity (Wildman–Crippen MR) is 108 cm³/mol. The average molecular weight is 360 g/mol. The molecule has 0 saturated carbocycles. The molecule has 1 aliphatic rings. The highest BCUT2D eigenvalue weighted by atomic mass is 16.5. The second-order valence-electron chi connectivity index (χ2n) is 6.85. The Morgan fingerprint density at radius 3 is 2.41 bits per heavy atom. The fraction of sp³-hybridized carbons (Fsp3) is 0.261. The van der Waals surface area contributed by atoms with E-state index >= 15 is 0 Å². The second-order valence-corrected chi connectivity index (χ2v) is 6.85. The lowest BCUT2D eigenvalue weighted by Crippen LogP contribution is -2.43. The minimum atomic E-state index is -0.0325. The van der Waals surface area contributed by atoms with E-state index in [1.54, 1.807) is 0 Å². The molecule has 1 saturated heterocycles. The molecule has 1 atom stereocenters. The summed E-state index contributed by atoms with van der Waals surface area (Å²) in [6.07, 6.45) is 0. The molecule has 4 rings (SSSR count). The first-order valence-corrected chi connectivity index (χ1v) is 9.45. The summed E-state index contributed by atoms with van der Waals surface area (Å²) in [5, 5.41) is 5.36. The van der Waals surface area contributed by atoms with E-state index in [4.69, 9.17) is 4.74 Å². The van der Waals surface area contributed by atoms with Crippen molar-refractivity contribution in [3.8, 4) is 0 Å². The molecule has 3 aromatic carbocycles. The van der Waals surface area contributed by atoms with Gasteiger partial charge in [0.1, 0.15) is 0 Å². The molecule has 27 heavy (non-hydrogen) atoms. The summed E-state index contributed by atoms with van der Waals surface area (Å²) in [5.74, 6) is -0.0325. The fourth-order valence-electron chi connectivity index (χ4n) is 3.64. The number of benzene rings is 3. The molecular formula is C23H24N2O2. The molecule has 4 heteroatoms. The molecule has 138 valence electrons. The molecule has 1 N–H and O–H groups in total. The quantitative estimate of drug-likeness (QED) is 0.755. The van der Waals surface area contributed by atoms with Crippen molar-refractivity contribution in [2.24, 2.45) is 0 Å². The number of morpholine rings is 1. The van der Waals surface area contributed by atoms with Crippen LogP contribution in [0.4, 0.5) is 0 Å². The molecule has 1 aliphatic heterocycles. The van der Waals surface area contributed by atoms with Crippen molar-refractivity contribution in [3.63, 3.8) is 0 Å². The molecule has 1 fully saturated rings. The van der Waals surface area contributed by atoms with Crippen molar-refractivity contribution < 1.29 is 9.53 Å². The van der Waals surface area contributed by atoms with E-state index in [9.17, 15) is 4.79 Å². The van der Waals surface area contributed by atoms with E-state index in [-0.39, 0.29) is 11.9 Å². The molecule has 0 radical (unpaired) electrons. The van der Waals surface area contributed by atoms with Crippen LogP contribution < -0.4 is 5.32 Å². The van der Waals surface area contributed by atoms with Crippen molar-refractivity contribution in [3.05, 3.63) is 83.9 Å². The minimum absolute atomic E-state index is 0.0325. The second kappa shape index (κ2) is 8.33. The smallest absolute Gasteiger partial charge is 0.251 e. The minimum Gasteiger partial charge on any atom is -0.379 e. The van der Waals surface area contributed by atoms with Crippen molar-refractivity contribution in [2.75, 3.05) is 32.8 Å². The van der Waals surface area contributed by atoms with Crippen LogP contribution in [0.5, 0.6) is 0 Å². The van der Waals surface area contributed by atoms with Crippen molar-refractivity contribution in [1.29, 1.82) is 0 Å². The van der Waals surface area contributed by atoms with E-state index < -0.39 is 0 Å². The number of amides is 1. The van der Waals surface area contributed by atoms with Gasteiger partial charge < -0.3 is 10.1 Å². The number of carbonyl (C=O) groups is 1. The molecule has 3 aromatic rings. The summed E-state index contributed by atoms with van der Waals surface area (Å²) in [5.41, 5.74) is 1.92. The van der Waals surface area contributed by atoms with Gasteiger partial charge in [-0.2, -0.15) is 0 Å². The van der Waals surface area contributed by atoms with Crippen molar-refractivity contribution in [1.82, 2.24) is 10.2 Å². The molecule has 0 spiro atoms. The van der Waals surface area contributed by atoms with E-state index in [1.165, 1.54) is 5.56 Å². The maximum Gasteiger partial charge on any atom is 0.251 e. The van der Waals surface area contributed by atoms with Crippen LogP contribution in [0.3, 0.4) is 0 Å². The largest absolute Gasteiger partial charge is 0.379 e. The van der Waals surface area contributed by atoms with Crippen LogP contribution in [-0.2, 0) is 4.74 Å². The molecule has 1 heterocycles. The summed E-state index contributed by atoms with van der Waals surface area (Å²) >= 11 is 0. The van der Waals surface area contributed by atoms with Gasteiger partial charge >= 0.3 is 0 Å². The molecule has 0 aromatic heterocycles. The third kappa shape index (κ3) is 4.18. The van der Waals surface area contributed by atoms with Gasteiger partial charge in [0.2, 0.25) is 0 Å². The summed E-state index contributed by atoms with van der Waals surface area (Å²) in [7, 11) is 0. The van der Waals surface area contributed by atoms with Crippen molar-refractivity contribution >= 4 is 16.7 Å². The van der Waals surface area contributed by atoms with Gasteiger partial charge in [0.05, 0.1) is 19.3 Å². The van der Waals surface area contributed by atoms with E-state index in [1.807, 2.05) is 54.6 Å². The monoisotopic (exact) mass is 360 g/mol. The number of hydrogen-bond acceptors (Lipinski definition) is 3. The Hall–Kier alpha value is -2.69. The van der Waals surface area contributed by atoms with Crippen molar-refractivity contribution in [2.45, 2.75) is 6.04 Å². The highest BCUT2D eigenvalue weighted by Gasteiger charge is 2.23. The summed E-state index contributed by atoms with van der Waals surface area (Å²) in [6.45, 7) is 3.82. The Labute approximate surface area is 159 Å². The molecule has 1 unspecified atom stereocenters. The van der Waals surface area contributed by atoms with Gasteiger partial charge in [-0.25, -0.2) is 0 Å². The maximum atomic E-state index is 12.8. The fourth-order valence-corrected chi connectivity index (χ4v) is 3.64. The highest BCUT2D eigenvalue weighted by Crippen LogP contribution is 2.21. The highest BCUT2D eigenvalue weighted by molar-refractivity contribution is 5.98. The zero-order valence-corrected chi connectivity index (χ0v) is 15.3. The third-order valence-electron chi connectivity index (χ3n) is 5.14. The Morgan fingerprint density at radius 1 is 0.926 bits per heavy atom. The van der Waals surface area contributed by atoms with Gasteiger partial charge in [0.15, 0.2) is 0 Å². The Balaban J connectivity index is 1.49. The number of nitrogens with zero attached hydrogens (tertiary/aromatic N) is 1. The Kier molecular flexibility index (Phi) is 5.47. The van der Waals surface area contributed by atoms with Crippen LogP contribution in [0.2, 0.25) is 0 Å². The third-order valence-corrected chi connectivity index (χ3v) is 5.14.